The number of nitro groups is 1. The van der Waals surface area contributed by atoms with Gasteiger partial charge in [0.05, 0.1) is 33.0 Å². The van der Waals surface area contributed by atoms with E-state index in [2.05, 4.69) is 10.3 Å². The molecule has 27 heavy (non-hydrogen) atoms. The zero-order chi connectivity index (χ0) is 19.4. The van der Waals surface area contributed by atoms with Crippen LogP contribution in [0.5, 0.6) is 0 Å². The maximum atomic E-state index is 12.2. The number of aromatic nitrogens is 1. The van der Waals surface area contributed by atoms with Gasteiger partial charge < -0.3 is 11.1 Å². The molecule has 136 valence electrons. The molecule has 2 amide bonds. The molecule has 0 fully saturated rings. The number of hydrogen-bond acceptors (Lipinski definition) is 6. The first-order chi connectivity index (χ1) is 12.9. The lowest BCUT2D eigenvalue weighted by atomic mass is 10.2. The summed E-state index contributed by atoms with van der Waals surface area (Å²) in [6, 6.07) is 13.2. The van der Waals surface area contributed by atoms with E-state index in [0.29, 0.717) is 5.69 Å². The molecule has 0 spiro atoms. The first kappa shape index (κ1) is 18.3. The molecule has 9 heteroatoms. The average Bonchev–Trinajstić information content (AvgIpc) is 2.66. The number of nitro benzene ring substituents is 1. The molecule has 0 aliphatic carbocycles. The summed E-state index contributed by atoms with van der Waals surface area (Å²) in [4.78, 5) is 38.5. The number of nitrogens with one attached hydrogen (secondary N) is 1. The summed E-state index contributed by atoms with van der Waals surface area (Å²) in [5, 5.41) is 14.8. The molecule has 2 aromatic carbocycles. The van der Waals surface area contributed by atoms with Crippen LogP contribution in [0.3, 0.4) is 0 Å². The highest BCUT2D eigenvalue weighted by atomic mass is 32.2. The Hall–Kier alpha value is -3.46. The minimum Gasteiger partial charge on any atom is -0.366 e. The van der Waals surface area contributed by atoms with E-state index in [1.54, 1.807) is 12.3 Å². The molecular weight excluding hydrogens is 368 g/mol. The van der Waals surface area contributed by atoms with E-state index >= 15 is 0 Å². The van der Waals surface area contributed by atoms with E-state index in [0.717, 1.165) is 28.7 Å². The molecule has 1 heterocycles. The van der Waals surface area contributed by atoms with Crippen molar-refractivity contribution in [2.45, 2.75) is 4.90 Å². The highest BCUT2D eigenvalue weighted by molar-refractivity contribution is 8.00. The van der Waals surface area contributed by atoms with Gasteiger partial charge in [-0.1, -0.05) is 18.2 Å². The molecular formula is C18H14N4O4S. The predicted molar refractivity (Wildman–Crippen MR) is 103 cm³/mol. The molecule has 3 rings (SSSR count). The second-order valence-corrected chi connectivity index (χ2v) is 6.57. The fraction of sp³-hybridized carbons (Fsp3) is 0.0556. The molecule has 8 nitrogen and oxygen atoms in total. The third-order valence-corrected chi connectivity index (χ3v) is 4.74. The van der Waals surface area contributed by atoms with Gasteiger partial charge in [0.2, 0.25) is 11.8 Å². The molecule has 0 aliphatic heterocycles. The number of rotatable bonds is 6. The lowest BCUT2D eigenvalue weighted by Gasteiger charge is -2.07. The molecule has 0 saturated heterocycles. The number of thioether (sulfide) groups is 1. The van der Waals surface area contributed by atoms with Crippen LogP contribution in [0.2, 0.25) is 0 Å². The largest absolute Gasteiger partial charge is 0.366 e. The minimum atomic E-state index is -0.754. The Morgan fingerprint density at radius 3 is 2.70 bits per heavy atom. The predicted octanol–water partition coefficient (Wildman–Crippen LogP) is 2.97. The van der Waals surface area contributed by atoms with Gasteiger partial charge in [-0.2, -0.15) is 0 Å². The van der Waals surface area contributed by atoms with Crippen LogP contribution in [-0.4, -0.2) is 27.5 Å². The number of hydrogen-bond donors (Lipinski definition) is 2. The van der Waals surface area contributed by atoms with E-state index in [-0.39, 0.29) is 27.8 Å². The lowest BCUT2D eigenvalue weighted by Crippen LogP contribution is -2.14. The number of primary amides is 1. The van der Waals surface area contributed by atoms with Crippen molar-refractivity contribution in [3.8, 4) is 0 Å². The van der Waals surface area contributed by atoms with E-state index < -0.39 is 10.8 Å². The van der Waals surface area contributed by atoms with Gasteiger partial charge >= 0.3 is 0 Å². The van der Waals surface area contributed by atoms with Crippen molar-refractivity contribution < 1.29 is 14.5 Å². The fourth-order valence-electron chi connectivity index (χ4n) is 2.42. The summed E-state index contributed by atoms with van der Waals surface area (Å²) in [6.07, 6.45) is 1.55. The second kappa shape index (κ2) is 7.83. The van der Waals surface area contributed by atoms with Gasteiger partial charge in [0.15, 0.2) is 0 Å². The highest BCUT2D eigenvalue weighted by Gasteiger charge is 2.18. The Labute approximate surface area is 157 Å². The van der Waals surface area contributed by atoms with Gasteiger partial charge in [0, 0.05) is 17.0 Å². The Morgan fingerprint density at radius 1 is 1.19 bits per heavy atom. The monoisotopic (exact) mass is 382 g/mol. The number of carbonyl (C=O) groups excluding carboxylic acids is 2. The lowest BCUT2D eigenvalue weighted by molar-refractivity contribution is -0.387. The summed E-state index contributed by atoms with van der Waals surface area (Å²) in [7, 11) is 0. The van der Waals surface area contributed by atoms with Gasteiger partial charge in [-0.15, -0.1) is 11.8 Å². The quantitative estimate of drug-likeness (QED) is 0.383. The number of amides is 2. The van der Waals surface area contributed by atoms with Crippen LogP contribution in [0.4, 0.5) is 11.4 Å². The average molecular weight is 382 g/mol. The van der Waals surface area contributed by atoms with E-state index in [9.17, 15) is 19.7 Å². The van der Waals surface area contributed by atoms with Crippen LogP contribution in [0, 0.1) is 10.1 Å². The van der Waals surface area contributed by atoms with Crippen LogP contribution in [-0.2, 0) is 4.79 Å². The van der Waals surface area contributed by atoms with Crippen molar-refractivity contribution in [2.75, 3.05) is 11.1 Å². The van der Waals surface area contributed by atoms with Gasteiger partial charge in [0.1, 0.15) is 0 Å². The summed E-state index contributed by atoms with van der Waals surface area (Å²) in [5.41, 5.74) is 6.27. The van der Waals surface area contributed by atoms with Crippen molar-refractivity contribution >= 4 is 45.9 Å². The van der Waals surface area contributed by atoms with Crippen molar-refractivity contribution in [3.63, 3.8) is 0 Å². The van der Waals surface area contributed by atoms with Crippen LogP contribution < -0.4 is 11.1 Å². The zero-order valence-electron chi connectivity index (χ0n) is 13.9. The summed E-state index contributed by atoms with van der Waals surface area (Å²) < 4.78 is 0. The number of anilines is 1. The summed E-state index contributed by atoms with van der Waals surface area (Å²) >= 11 is 1.00. The number of nitrogens with two attached hydrogens (primary N) is 1. The minimum absolute atomic E-state index is 0.0381. The van der Waals surface area contributed by atoms with Gasteiger partial charge in [-0.3, -0.25) is 24.7 Å². The molecule has 0 bridgehead atoms. The first-order valence-corrected chi connectivity index (χ1v) is 8.78. The van der Waals surface area contributed by atoms with Crippen molar-refractivity contribution in [1.82, 2.24) is 4.98 Å². The Bertz CT molecular complexity index is 1050. The molecule has 3 N–H and O–H groups in total. The Morgan fingerprint density at radius 2 is 1.96 bits per heavy atom. The number of pyridine rings is 1. The number of nitrogens with zero attached hydrogens (tertiary/aromatic N) is 2. The smallest absolute Gasteiger partial charge is 0.283 e. The summed E-state index contributed by atoms with van der Waals surface area (Å²) in [5.74, 6) is -1.12. The van der Waals surface area contributed by atoms with Crippen LogP contribution >= 0.6 is 11.8 Å². The van der Waals surface area contributed by atoms with Crippen LogP contribution in [0.1, 0.15) is 10.4 Å². The van der Waals surface area contributed by atoms with E-state index in [1.165, 1.54) is 12.1 Å². The summed E-state index contributed by atoms with van der Waals surface area (Å²) in [6.45, 7) is 0. The normalized spacial score (nSPS) is 10.5. The van der Waals surface area contributed by atoms with Crippen LogP contribution in [0.25, 0.3) is 10.9 Å². The van der Waals surface area contributed by atoms with Gasteiger partial charge in [0.25, 0.3) is 5.69 Å². The Kier molecular flexibility index (Phi) is 5.32. The first-order valence-electron chi connectivity index (χ1n) is 7.80. The van der Waals surface area contributed by atoms with Crippen molar-refractivity contribution in [3.05, 3.63) is 70.4 Å². The maximum Gasteiger partial charge on any atom is 0.283 e. The van der Waals surface area contributed by atoms with Crippen molar-refractivity contribution in [2.24, 2.45) is 5.73 Å². The topological polar surface area (TPSA) is 128 Å². The van der Waals surface area contributed by atoms with E-state index in [4.69, 9.17) is 5.73 Å². The van der Waals surface area contributed by atoms with Gasteiger partial charge in [-0.05, 0) is 24.3 Å². The maximum absolute atomic E-state index is 12.2. The highest BCUT2D eigenvalue weighted by Crippen LogP contribution is 2.30. The van der Waals surface area contributed by atoms with E-state index in [1.807, 2.05) is 24.3 Å². The molecule has 3 aromatic rings. The molecule has 0 unspecified atom stereocenters. The number of benzene rings is 2. The number of carbonyl (C=O) groups is 2. The molecule has 1 aromatic heterocycles. The molecule has 0 atom stereocenters. The third kappa shape index (κ3) is 4.39. The second-order valence-electron chi connectivity index (χ2n) is 5.56. The van der Waals surface area contributed by atoms with Crippen molar-refractivity contribution in [1.29, 1.82) is 0 Å². The standard InChI is InChI=1S/C18H14N4O4S/c19-18(24)12-5-6-16(15(8-12)22(25)26)27-10-17(23)21-13-7-11-3-1-2-4-14(11)20-9-13/h1-9H,10H2,(H2,19,24)(H,21,23). The third-order valence-electron chi connectivity index (χ3n) is 3.67. The van der Waals surface area contributed by atoms with Gasteiger partial charge in [-0.25, -0.2) is 0 Å². The molecule has 0 saturated carbocycles. The van der Waals surface area contributed by atoms with Crippen LogP contribution in [0.15, 0.2) is 59.6 Å². The number of fused-ring (bicyclic) bond motifs is 1. The zero-order valence-corrected chi connectivity index (χ0v) is 14.7. The number of para-hydroxylation sites is 1. The Balaban J connectivity index is 1.69. The molecule has 0 aliphatic rings. The fourth-order valence-corrected chi connectivity index (χ4v) is 3.22. The molecule has 0 radical (unpaired) electrons. The SMILES string of the molecule is NC(=O)c1ccc(SCC(=O)Nc2cnc3ccccc3c2)c([N+](=O)[O-])c1.